The minimum atomic E-state index is -0.285. The van der Waals surface area contributed by atoms with Crippen molar-refractivity contribution in [1.29, 1.82) is 0 Å². The molecule has 0 aromatic carbocycles. The third kappa shape index (κ3) is 7.03. The minimum Gasteiger partial charge on any atom is -0.391 e. The quantitative estimate of drug-likeness (QED) is 0.665. The molecule has 0 saturated heterocycles. The molecule has 0 aliphatic rings. The lowest BCUT2D eigenvalue weighted by Crippen LogP contribution is -2.21. The van der Waals surface area contributed by atoms with Crippen molar-refractivity contribution in [3.8, 4) is 0 Å². The van der Waals surface area contributed by atoms with E-state index in [1.165, 1.54) is 0 Å². The molecule has 0 aliphatic carbocycles. The standard InChI is InChI=1S/C11H24O2/c1-5-10(6-2)7-11(12)8-13-9(3)4/h9-12H,5-8H2,1-4H3. The Morgan fingerprint density at radius 3 is 2.08 bits per heavy atom. The zero-order valence-electron chi connectivity index (χ0n) is 9.42. The van der Waals surface area contributed by atoms with E-state index in [0.29, 0.717) is 12.5 Å². The smallest absolute Gasteiger partial charge is 0.0776 e. The van der Waals surface area contributed by atoms with Crippen molar-refractivity contribution < 1.29 is 9.84 Å². The highest BCUT2D eigenvalue weighted by atomic mass is 16.5. The molecule has 0 amide bonds. The van der Waals surface area contributed by atoms with Gasteiger partial charge in [-0.1, -0.05) is 26.7 Å². The molecule has 0 spiro atoms. The van der Waals surface area contributed by atoms with Gasteiger partial charge in [-0.15, -0.1) is 0 Å². The predicted molar refractivity (Wildman–Crippen MR) is 55.8 cm³/mol. The van der Waals surface area contributed by atoms with E-state index in [1.807, 2.05) is 13.8 Å². The summed E-state index contributed by atoms with van der Waals surface area (Å²) < 4.78 is 5.34. The molecule has 0 aromatic rings. The highest BCUT2D eigenvalue weighted by Crippen LogP contribution is 2.15. The van der Waals surface area contributed by atoms with Crippen molar-refractivity contribution in [1.82, 2.24) is 0 Å². The van der Waals surface area contributed by atoms with Crippen LogP contribution >= 0.6 is 0 Å². The van der Waals surface area contributed by atoms with Gasteiger partial charge in [0.15, 0.2) is 0 Å². The Kier molecular flexibility index (Phi) is 7.29. The molecule has 0 rings (SSSR count). The molecule has 13 heavy (non-hydrogen) atoms. The van der Waals surface area contributed by atoms with Crippen LogP contribution in [0.1, 0.15) is 47.0 Å². The van der Waals surface area contributed by atoms with E-state index in [1.54, 1.807) is 0 Å². The van der Waals surface area contributed by atoms with Crippen LogP contribution in [0, 0.1) is 5.92 Å². The molecule has 0 aliphatic heterocycles. The maximum absolute atomic E-state index is 9.61. The maximum atomic E-state index is 9.61. The lowest BCUT2D eigenvalue weighted by Gasteiger charge is -2.18. The van der Waals surface area contributed by atoms with Crippen molar-refractivity contribution in [2.24, 2.45) is 5.92 Å². The van der Waals surface area contributed by atoms with Gasteiger partial charge in [-0.05, 0) is 26.2 Å². The van der Waals surface area contributed by atoms with Gasteiger partial charge >= 0.3 is 0 Å². The van der Waals surface area contributed by atoms with E-state index in [0.717, 1.165) is 19.3 Å². The summed E-state index contributed by atoms with van der Waals surface area (Å²) in [7, 11) is 0. The lowest BCUT2D eigenvalue weighted by molar-refractivity contribution is -0.00412. The second-order valence-corrected chi connectivity index (χ2v) is 3.95. The van der Waals surface area contributed by atoms with Crippen molar-refractivity contribution in [2.75, 3.05) is 6.61 Å². The van der Waals surface area contributed by atoms with Crippen molar-refractivity contribution in [2.45, 2.75) is 59.2 Å². The Balaban J connectivity index is 3.53. The Morgan fingerprint density at radius 2 is 1.69 bits per heavy atom. The molecule has 0 heterocycles. The third-order valence-electron chi connectivity index (χ3n) is 2.38. The topological polar surface area (TPSA) is 29.5 Å². The number of aliphatic hydroxyl groups is 1. The van der Waals surface area contributed by atoms with Crippen molar-refractivity contribution in [3.63, 3.8) is 0 Å². The van der Waals surface area contributed by atoms with Crippen molar-refractivity contribution >= 4 is 0 Å². The van der Waals surface area contributed by atoms with Gasteiger partial charge in [-0.3, -0.25) is 0 Å². The van der Waals surface area contributed by atoms with Crippen LogP contribution in [0.15, 0.2) is 0 Å². The summed E-state index contributed by atoms with van der Waals surface area (Å²) in [5, 5.41) is 9.61. The van der Waals surface area contributed by atoms with Crippen LogP contribution < -0.4 is 0 Å². The average Bonchev–Trinajstić information content (AvgIpc) is 2.10. The molecule has 0 fully saturated rings. The number of hydrogen-bond donors (Lipinski definition) is 1. The molecule has 2 nitrogen and oxygen atoms in total. The molecule has 0 saturated carbocycles. The first-order valence-electron chi connectivity index (χ1n) is 5.39. The van der Waals surface area contributed by atoms with Gasteiger partial charge in [-0.25, -0.2) is 0 Å². The fourth-order valence-corrected chi connectivity index (χ4v) is 1.38. The van der Waals surface area contributed by atoms with Crippen LogP contribution in [0.2, 0.25) is 0 Å². The van der Waals surface area contributed by atoms with Gasteiger partial charge in [0.25, 0.3) is 0 Å². The van der Waals surface area contributed by atoms with Crippen LogP contribution in [0.4, 0.5) is 0 Å². The van der Waals surface area contributed by atoms with Gasteiger partial charge in [0.05, 0.1) is 18.8 Å². The van der Waals surface area contributed by atoms with Crippen molar-refractivity contribution in [3.05, 3.63) is 0 Å². The number of hydrogen-bond acceptors (Lipinski definition) is 2. The molecule has 0 radical (unpaired) electrons. The van der Waals surface area contributed by atoms with Crippen LogP contribution in [0.5, 0.6) is 0 Å². The normalized spacial score (nSPS) is 14.1. The molecule has 1 atom stereocenters. The molecular weight excluding hydrogens is 164 g/mol. The molecule has 2 heteroatoms. The highest BCUT2D eigenvalue weighted by Gasteiger charge is 2.11. The van der Waals surface area contributed by atoms with E-state index < -0.39 is 0 Å². The Hall–Kier alpha value is -0.0800. The first-order chi connectivity index (χ1) is 6.10. The van der Waals surface area contributed by atoms with E-state index in [4.69, 9.17) is 4.74 Å². The monoisotopic (exact) mass is 188 g/mol. The number of aliphatic hydroxyl groups excluding tert-OH is 1. The van der Waals surface area contributed by atoms with Gasteiger partial charge in [-0.2, -0.15) is 0 Å². The van der Waals surface area contributed by atoms with Gasteiger partial charge in [0.1, 0.15) is 0 Å². The summed E-state index contributed by atoms with van der Waals surface area (Å²) in [5.74, 6) is 0.644. The average molecular weight is 188 g/mol. The Bertz CT molecular complexity index is 109. The minimum absolute atomic E-state index is 0.219. The van der Waals surface area contributed by atoms with E-state index in [9.17, 15) is 5.11 Å². The SMILES string of the molecule is CCC(CC)CC(O)COC(C)C. The Labute approximate surface area is 82.3 Å². The number of rotatable bonds is 7. The van der Waals surface area contributed by atoms with E-state index in [2.05, 4.69) is 13.8 Å². The van der Waals surface area contributed by atoms with Gasteiger partial charge < -0.3 is 9.84 Å². The fraction of sp³-hybridized carbons (Fsp3) is 1.00. The largest absolute Gasteiger partial charge is 0.391 e. The fourth-order valence-electron chi connectivity index (χ4n) is 1.38. The van der Waals surface area contributed by atoms with Gasteiger partial charge in [0.2, 0.25) is 0 Å². The molecular formula is C11H24O2. The summed E-state index contributed by atoms with van der Waals surface area (Å²) in [6.07, 6.45) is 3.10. The molecule has 0 bridgehead atoms. The van der Waals surface area contributed by atoms with Gasteiger partial charge in [0, 0.05) is 0 Å². The molecule has 0 aromatic heterocycles. The van der Waals surface area contributed by atoms with E-state index in [-0.39, 0.29) is 12.2 Å². The maximum Gasteiger partial charge on any atom is 0.0776 e. The second kappa shape index (κ2) is 7.34. The van der Waals surface area contributed by atoms with Crippen LogP contribution in [-0.4, -0.2) is 23.9 Å². The second-order valence-electron chi connectivity index (χ2n) is 3.95. The van der Waals surface area contributed by atoms with Crippen LogP contribution in [-0.2, 0) is 4.74 Å². The zero-order chi connectivity index (χ0) is 10.3. The first kappa shape index (κ1) is 12.9. The molecule has 1 unspecified atom stereocenters. The molecule has 80 valence electrons. The van der Waals surface area contributed by atoms with Crippen LogP contribution in [0.25, 0.3) is 0 Å². The highest BCUT2D eigenvalue weighted by molar-refractivity contribution is 4.62. The summed E-state index contributed by atoms with van der Waals surface area (Å²) in [6, 6.07) is 0. The molecule has 1 N–H and O–H groups in total. The summed E-state index contributed by atoms with van der Waals surface area (Å²) in [5.41, 5.74) is 0. The predicted octanol–water partition coefficient (Wildman–Crippen LogP) is 2.60. The summed E-state index contributed by atoms with van der Waals surface area (Å²) in [6.45, 7) is 8.80. The van der Waals surface area contributed by atoms with Crippen LogP contribution in [0.3, 0.4) is 0 Å². The van der Waals surface area contributed by atoms with E-state index >= 15 is 0 Å². The third-order valence-corrected chi connectivity index (χ3v) is 2.38. The lowest BCUT2D eigenvalue weighted by atomic mass is 9.96. The zero-order valence-corrected chi connectivity index (χ0v) is 9.42. The Morgan fingerprint density at radius 1 is 1.15 bits per heavy atom. The summed E-state index contributed by atoms with van der Waals surface area (Å²) in [4.78, 5) is 0. The number of ether oxygens (including phenoxy) is 1. The first-order valence-corrected chi connectivity index (χ1v) is 5.39. The summed E-state index contributed by atoms with van der Waals surface area (Å²) >= 11 is 0.